The first-order valence-corrected chi connectivity index (χ1v) is 4.43. The molecule has 0 amide bonds. The quantitative estimate of drug-likeness (QED) is 0.645. The first kappa shape index (κ1) is 7.10. The van der Waals surface area contributed by atoms with E-state index in [4.69, 9.17) is 0 Å². The van der Waals surface area contributed by atoms with Crippen molar-refractivity contribution in [2.45, 2.75) is 12.8 Å². The van der Waals surface area contributed by atoms with Crippen molar-refractivity contribution in [3.63, 3.8) is 0 Å². The van der Waals surface area contributed by atoms with E-state index in [1.165, 1.54) is 15.7 Å². The second-order valence-electron chi connectivity index (χ2n) is 2.76. The number of nitrogens with zero attached hydrogens (tertiary/aromatic N) is 2. The van der Waals surface area contributed by atoms with Gasteiger partial charge in [0.25, 0.3) is 0 Å². The Kier molecular flexibility index (Phi) is 1.60. The van der Waals surface area contributed by atoms with E-state index in [2.05, 4.69) is 27.1 Å². The number of hydrogen-bond donors (Lipinski definition) is 0. The largest absolute Gasteiger partial charge is 0.272 e. The van der Waals surface area contributed by atoms with Gasteiger partial charge < -0.3 is 0 Å². The molecule has 58 valence electrons. The van der Waals surface area contributed by atoms with Crippen LogP contribution in [-0.4, -0.2) is 9.78 Å². The monoisotopic (exact) mass is 212 g/mol. The van der Waals surface area contributed by atoms with E-state index in [-0.39, 0.29) is 0 Å². The van der Waals surface area contributed by atoms with Crippen LogP contribution in [0, 0.1) is 0 Å². The zero-order chi connectivity index (χ0) is 7.84. The van der Waals surface area contributed by atoms with Crippen LogP contribution in [0.3, 0.4) is 0 Å². The highest BCUT2D eigenvalue weighted by Crippen LogP contribution is 2.26. The Morgan fingerprint density at radius 3 is 3.18 bits per heavy atom. The molecule has 0 saturated carbocycles. The number of allylic oxidation sites excluding steroid dienone is 1. The summed E-state index contributed by atoms with van der Waals surface area (Å²) in [5, 5.41) is 4.18. The van der Waals surface area contributed by atoms with Crippen LogP contribution >= 0.6 is 15.9 Å². The second-order valence-corrected chi connectivity index (χ2v) is 3.78. The van der Waals surface area contributed by atoms with Gasteiger partial charge >= 0.3 is 0 Å². The van der Waals surface area contributed by atoms with Crippen LogP contribution in [0.15, 0.2) is 10.7 Å². The van der Waals surface area contributed by atoms with Crippen LogP contribution < -0.4 is 0 Å². The van der Waals surface area contributed by atoms with Gasteiger partial charge in [-0.05, 0) is 23.4 Å². The van der Waals surface area contributed by atoms with Crippen LogP contribution in [0.5, 0.6) is 0 Å². The molecule has 0 fully saturated rings. The predicted molar refractivity (Wildman–Crippen MR) is 48.4 cm³/mol. The number of aryl methyl sites for hydroxylation is 1. The van der Waals surface area contributed by atoms with Crippen molar-refractivity contribution in [2.75, 3.05) is 0 Å². The Balaban J connectivity index is 2.53. The van der Waals surface area contributed by atoms with Gasteiger partial charge in [0.15, 0.2) is 0 Å². The molecular formula is C8H9BrN2. The van der Waals surface area contributed by atoms with Gasteiger partial charge in [0, 0.05) is 18.3 Å². The summed E-state index contributed by atoms with van der Waals surface area (Å²) in [5.41, 5.74) is 2.60. The van der Waals surface area contributed by atoms with Gasteiger partial charge in [-0.1, -0.05) is 15.9 Å². The van der Waals surface area contributed by atoms with Crippen molar-refractivity contribution < 1.29 is 0 Å². The smallest absolute Gasteiger partial charge is 0.0565 e. The highest BCUT2D eigenvalue weighted by molar-refractivity contribution is 9.11. The third-order valence-electron chi connectivity index (χ3n) is 2.01. The summed E-state index contributed by atoms with van der Waals surface area (Å²) in [5.74, 6) is 0. The summed E-state index contributed by atoms with van der Waals surface area (Å²) in [7, 11) is 1.99. The Bertz CT molecular complexity index is 312. The predicted octanol–water partition coefficient (Wildman–Crippen LogP) is 2.10. The lowest BCUT2D eigenvalue weighted by Gasteiger charge is -2.08. The van der Waals surface area contributed by atoms with E-state index >= 15 is 0 Å². The molecule has 1 heterocycles. The van der Waals surface area contributed by atoms with Crippen molar-refractivity contribution in [3.05, 3.63) is 21.9 Å². The molecule has 0 unspecified atom stereocenters. The van der Waals surface area contributed by atoms with Crippen LogP contribution in [-0.2, 0) is 13.5 Å². The molecule has 0 spiro atoms. The van der Waals surface area contributed by atoms with E-state index < -0.39 is 0 Å². The van der Waals surface area contributed by atoms with Crippen LogP contribution in [0.4, 0.5) is 0 Å². The summed E-state index contributed by atoms with van der Waals surface area (Å²) in [4.78, 5) is 0. The molecule has 0 bridgehead atoms. The molecule has 0 atom stereocenters. The van der Waals surface area contributed by atoms with Crippen LogP contribution in [0.25, 0.3) is 6.08 Å². The molecule has 1 aliphatic rings. The highest BCUT2D eigenvalue weighted by atomic mass is 79.9. The van der Waals surface area contributed by atoms with E-state index in [1.54, 1.807) is 0 Å². The maximum Gasteiger partial charge on any atom is 0.0565 e. The van der Waals surface area contributed by atoms with Crippen LogP contribution in [0.2, 0.25) is 0 Å². The summed E-state index contributed by atoms with van der Waals surface area (Å²) in [6.45, 7) is 0. The van der Waals surface area contributed by atoms with Gasteiger partial charge in [-0.2, -0.15) is 5.10 Å². The lowest BCUT2D eigenvalue weighted by atomic mass is 10.1. The standard InChI is InChI=1S/C8H9BrN2/c1-11-8-3-2-7(9)4-6(8)5-10-11/h4-5H,2-3H2,1H3. The first-order chi connectivity index (χ1) is 5.27. The lowest BCUT2D eigenvalue weighted by molar-refractivity contribution is 0.703. The molecule has 3 heteroatoms. The number of hydrogen-bond acceptors (Lipinski definition) is 1. The van der Waals surface area contributed by atoms with Crippen molar-refractivity contribution in [1.82, 2.24) is 9.78 Å². The maximum atomic E-state index is 4.18. The molecule has 0 N–H and O–H groups in total. The minimum Gasteiger partial charge on any atom is -0.272 e. The Morgan fingerprint density at radius 1 is 1.55 bits per heavy atom. The lowest BCUT2D eigenvalue weighted by Crippen LogP contribution is -2.01. The van der Waals surface area contributed by atoms with Crippen molar-refractivity contribution >= 4 is 22.0 Å². The zero-order valence-corrected chi connectivity index (χ0v) is 7.93. The molecule has 1 aliphatic carbocycles. The SMILES string of the molecule is Cn1ncc2c1CCC(Br)=C2. The molecule has 0 aromatic carbocycles. The third-order valence-corrected chi connectivity index (χ3v) is 2.63. The van der Waals surface area contributed by atoms with Gasteiger partial charge in [-0.15, -0.1) is 0 Å². The molecular weight excluding hydrogens is 204 g/mol. The van der Waals surface area contributed by atoms with Crippen molar-refractivity contribution in [1.29, 1.82) is 0 Å². The van der Waals surface area contributed by atoms with Gasteiger partial charge in [0.2, 0.25) is 0 Å². The molecule has 2 rings (SSSR count). The number of fused-ring (bicyclic) bond motifs is 1. The Morgan fingerprint density at radius 2 is 2.36 bits per heavy atom. The fraction of sp³-hybridized carbons (Fsp3) is 0.375. The van der Waals surface area contributed by atoms with E-state index in [9.17, 15) is 0 Å². The topological polar surface area (TPSA) is 17.8 Å². The minimum absolute atomic E-state index is 1.10. The highest BCUT2D eigenvalue weighted by Gasteiger charge is 2.11. The summed E-state index contributed by atoms with van der Waals surface area (Å²) < 4.78 is 3.23. The zero-order valence-electron chi connectivity index (χ0n) is 6.34. The van der Waals surface area contributed by atoms with Crippen molar-refractivity contribution in [3.8, 4) is 0 Å². The second kappa shape index (κ2) is 2.48. The minimum atomic E-state index is 1.10. The fourth-order valence-corrected chi connectivity index (χ4v) is 1.83. The molecule has 0 saturated heterocycles. The van der Waals surface area contributed by atoms with Gasteiger partial charge in [0.1, 0.15) is 0 Å². The number of halogens is 1. The van der Waals surface area contributed by atoms with Crippen molar-refractivity contribution in [2.24, 2.45) is 7.05 Å². The van der Waals surface area contributed by atoms with Gasteiger partial charge in [-0.25, -0.2) is 0 Å². The van der Waals surface area contributed by atoms with E-state index in [0.717, 1.165) is 12.8 Å². The number of aromatic nitrogens is 2. The molecule has 11 heavy (non-hydrogen) atoms. The van der Waals surface area contributed by atoms with Crippen LogP contribution in [0.1, 0.15) is 17.7 Å². The molecule has 1 aromatic heterocycles. The van der Waals surface area contributed by atoms with Gasteiger partial charge in [-0.3, -0.25) is 4.68 Å². The van der Waals surface area contributed by atoms with Gasteiger partial charge in [0.05, 0.1) is 6.20 Å². The maximum absolute atomic E-state index is 4.18. The molecule has 2 nitrogen and oxygen atoms in total. The number of rotatable bonds is 0. The average Bonchev–Trinajstić information content (AvgIpc) is 2.32. The van der Waals surface area contributed by atoms with E-state index in [0.29, 0.717) is 0 Å². The average molecular weight is 213 g/mol. The third kappa shape index (κ3) is 1.13. The Hall–Kier alpha value is -0.570. The normalized spacial score (nSPS) is 16.0. The first-order valence-electron chi connectivity index (χ1n) is 3.64. The molecule has 1 aromatic rings. The summed E-state index contributed by atoms with van der Waals surface area (Å²) in [6.07, 6.45) is 6.26. The fourth-order valence-electron chi connectivity index (χ4n) is 1.39. The Labute approximate surface area is 74.0 Å². The summed E-state index contributed by atoms with van der Waals surface area (Å²) in [6, 6.07) is 0. The molecule has 0 radical (unpaired) electrons. The molecule has 0 aliphatic heterocycles. The summed E-state index contributed by atoms with van der Waals surface area (Å²) >= 11 is 3.49. The van der Waals surface area contributed by atoms with E-state index in [1.807, 2.05) is 17.9 Å².